The monoisotopic (exact) mass is 330 g/mol. The number of carbonyl (C=O) groups excluding carboxylic acids is 1. The summed E-state index contributed by atoms with van der Waals surface area (Å²) in [5.41, 5.74) is 7.01. The third-order valence-electron chi connectivity index (χ3n) is 3.58. The van der Waals surface area contributed by atoms with Crippen LogP contribution in [0.25, 0.3) is 0 Å². The molecule has 24 heavy (non-hydrogen) atoms. The molecule has 1 amide bonds. The SMILES string of the molecule is C[C@H](/C=C/C(=O)Nc1ccccc1N)[C@H](O)c1ccc(O)c(F)c1. The lowest BCUT2D eigenvalue weighted by atomic mass is 9.96. The van der Waals surface area contributed by atoms with Crippen molar-refractivity contribution >= 4 is 17.3 Å². The van der Waals surface area contributed by atoms with Crippen molar-refractivity contribution in [3.05, 3.63) is 66.0 Å². The van der Waals surface area contributed by atoms with Crippen molar-refractivity contribution in [3.8, 4) is 5.75 Å². The molecule has 126 valence electrons. The maximum Gasteiger partial charge on any atom is 0.248 e. The van der Waals surface area contributed by atoms with Gasteiger partial charge in [-0.1, -0.05) is 31.2 Å². The molecular weight excluding hydrogens is 311 g/mol. The number of aliphatic hydroxyl groups is 1. The van der Waals surface area contributed by atoms with E-state index in [1.54, 1.807) is 31.2 Å². The molecule has 2 aromatic rings. The van der Waals surface area contributed by atoms with Crippen LogP contribution in [0.5, 0.6) is 5.75 Å². The lowest BCUT2D eigenvalue weighted by Gasteiger charge is -2.16. The van der Waals surface area contributed by atoms with E-state index in [1.165, 1.54) is 24.3 Å². The normalized spacial score (nSPS) is 13.6. The van der Waals surface area contributed by atoms with Crippen molar-refractivity contribution in [2.24, 2.45) is 5.92 Å². The maximum atomic E-state index is 13.3. The molecule has 5 nitrogen and oxygen atoms in total. The van der Waals surface area contributed by atoms with Gasteiger partial charge >= 0.3 is 0 Å². The van der Waals surface area contributed by atoms with Crippen molar-refractivity contribution in [3.63, 3.8) is 0 Å². The molecule has 0 aliphatic heterocycles. The molecule has 0 saturated heterocycles. The number of halogens is 1. The van der Waals surface area contributed by atoms with Gasteiger partial charge in [0.1, 0.15) is 0 Å². The van der Waals surface area contributed by atoms with Crippen LogP contribution in [-0.2, 0) is 4.79 Å². The molecule has 0 unspecified atom stereocenters. The minimum atomic E-state index is -1.01. The highest BCUT2D eigenvalue weighted by molar-refractivity contribution is 6.01. The molecule has 0 heterocycles. The number of phenolic OH excluding ortho intramolecular Hbond substituents is 1. The highest BCUT2D eigenvalue weighted by Gasteiger charge is 2.16. The quantitative estimate of drug-likeness (QED) is 0.501. The van der Waals surface area contributed by atoms with E-state index in [4.69, 9.17) is 10.8 Å². The van der Waals surface area contributed by atoms with Crippen LogP contribution in [0.15, 0.2) is 54.6 Å². The second-order valence-corrected chi connectivity index (χ2v) is 5.45. The van der Waals surface area contributed by atoms with Gasteiger partial charge in [-0.25, -0.2) is 4.39 Å². The minimum Gasteiger partial charge on any atom is -0.505 e. The van der Waals surface area contributed by atoms with E-state index in [1.807, 2.05) is 0 Å². The predicted octanol–water partition coefficient (Wildman–Crippen LogP) is 2.98. The van der Waals surface area contributed by atoms with Gasteiger partial charge in [0, 0.05) is 5.92 Å². The number of phenols is 1. The van der Waals surface area contributed by atoms with E-state index in [0.717, 1.165) is 6.07 Å². The Morgan fingerprint density at radius 3 is 2.67 bits per heavy atom. The largest absolute Gasteiger partial charge is 0.505 e. The molecule has 2 rings (SSSR count). The number of nitrogens with one attached hydrogen (secondary N) is 1. The van der Waals surface area contributed by atoms with Gasteiger partial charge in [-0.05, 0) is 35.9 Å². The van der Waals surface area contributed by atoms with Gasteiger partial charge in [0.2, 0.25) is 5.91 Å². The van der Waals surface area contributed by atoms with Crippen LogP contribution in [0.3, 0.4) is 0 Å². The summed E-state index contributed by atoms with van der Waals surface area (Å²) in [6, 6.07) is 10.5. The maximum absolute atomic E-state index is 13.3. The number of hydrogen-bond acceptors (Lipinski definition) is 4. The molecule has 0 aliphatic carbocycles. The lowest BCUT2D eigenvalue weighted by molar-refractivity contribution is -0.111. The number of amides is 1. The first kappa shape index (κ1) is 17.5. The van der Waals surface area contributed by atoms with Gasteiger partial charge in [0.05, 0.1) is 17.5 Å². The Morgan fingerprint density at radius 1 is 1.29 bits per heavy atom. The van der Waals surface area contributed by atoms with E-state index in [9.17, 15) is 14.3 Å². The lowest BCUT2D eigenvalue weighted by Crippen LogP contribution is -2.12. The van der Waals surface area contributed by atoms with Crippen molar-refractivity contribution in [2.45, 2.75) is 13.0 Å². The summed E-state index contributed by atoms with van der Waals surface area (Å²) in [7, 11) is 0. The molecule has 2 atom stereocenters. The number of para-hydroxylation sites is 2. The van der Waals surface area contributed by atoms with Crippen LogP contribution in [0.1, 0.15) is 18.6 Å². The summed E-state index contributed by atoms with van der Waals surface area (Å²) in [5.74, 6) is -2.11. The second kappa shape index (κ2) is 7.61. The second-order valence-electron chi connectivity index (χ2n) is 5.45. The van der Waals surface area contributed by atoms with Gasteiger partial charge in [0.25, 0.3) is 0 Å². The molecule has 2 aromatic carbocycles. The topological polar surface area (TPSA) is 95.6 Å². The summed E-state index contributed by atoms with van der Waals surface area (Å²) in [5, 5.41) is 22.0. The van der Waals surface area contributed by atoms with E-state index < -0.39 is 23.6 Å². The zero-order valence-corrected chi connectivity index (χ0v) is 13.1. The standard InChI is InChI=1S/C18H19FN2O3/c1-11(18(24)12-7-8-16(22)13(19)10-12)6-9-17(23)21-15-5-3-2-4-14(15)20/h2-11,18,22,24H,20H2,1H3,(H,21,23)/b9-6+/t11-,18+/m1/s1. The zero-order chi connectivity index (χ0) is 17.7. The third-order valence-corrected chi connectivity index (χ3v) is 3.58. The highest BCUT2D eigenvalue weighted by atomic mass is 19.1. The summed E-state index contributed by atoms with van der Waals surface area (Å²) < 4.78 is 13.3. The van der Waals surface area contributed by atoms with Gasteiger partial charge in [-0.15, -0.1) is 0 Å². The van der Waals surface area contributed by atoms with Crippen LogP contribution in [0.2, 0.25) is 0 Å². The van der Waals surface area contributed by atoms with Gasteiger partial charge in [-0.3, -0.25) is 4.79 Å². The summed E-state index contributed by atoms with van der Waals surface area (Å²) in [6.45, 7) is 1.69. The predicted molar refractivity (Wildman–Crippen MR) is 90.8 cm³/mol. The van der Waals surface area contributed by atoms with E-state index in [2.05, 4.69) is 5.32 Å². The van der Waals surface area contributed by atoms with Crippen molar-refractivity contribution < 1.29 is 19.4 Å². The molecule has 6 heteroatoms. The van der Waals surface area contributed by atoms with Crippen molar-refractivity contribution in [2.75, 3.05) is 11.1 Å². The molecule has 0 aromatic heterocycles. The van der Waals surface area contributed by atoms with Crippen LogP contribution in [0, 0.1) is 11.7 Å². The number of carbonyl (C=O) groups is 1. The highest BCUT2D eigenvalue weighted by Crippen LogP contribution is 2.26. The van der Waals surface area contributed by atoms with E-state index in [-0.39, 0.29) is 5.91 Å². The van der Waals surface area contributed by atoms with Crippen LogP contribution in [-0.4, -0.2) is 16.1 Å². The molecule has 0 saturated carbocycles. The fraction of sp³-hybridized carbons (Fsp3) is 0.167. The molecule has 0 spiro atoms. The first-order chi connectivity index (χ1) is 11.4. The average molecular weight is 330 g/mol. The zero-order valence-electron chi connectivity index (χ0n) is 13.1. The number of benzene rings is 2. The summed E-state index contributed by atoms with van der Waals surface area (Å²) >= 11 is 0. The number of aliphatic hydroxyl groups excluding tert-OH is 1. The summed E-state index contributed by atoms with van der Waals surface area (Å²) in [4.78, 5) is 11.9. The van der Waals surface area contributed by atoms with Crippen LogP contribution >= 0.6 is 0 Å². The van der Waals surface area contributed by atoms with Crippen LogP contribution in [0.4, 0.5) is 15.8 Å². The van der Waals surface area contributed by atoms with E-state index >= 15 is 0 Å². The number of hydrogen-bond donors (Lipinski definition) is 4. The number of rotatable bonds is 5. The molecule has 0 bridgehead atoms. The Hall–Kier alpha value is -2.86. The number of nitrogen functional groups attached to an aromatic ring is 1. The molecule has 0 aliphatic rings. The number of nitrogens with two attached hydrogens (primary N) is 1. The summed E-state index contributed by atoms with van der Waals surface area (Å²) in [6.07, 6.45) is 1.80. The van der Waals surface area contributed by atoms with E-state index in [0.29, 0.717) is 16.9 Å². The third kappa shape index (κ3) is 4.33. The first-order valence-corrected chi connectivity index (χ1v) is 7.38. The Morgan fingerprint density at radius 2 is 2.00 bits per heavy atom. The van der Waals surface area contributed by atoms with Gasteiger partial charge in [-0.2, -0.15) is 0 Å². The first-order valence-electron chi connectivity index (χ1n) is 7.38. The van der Waals surface area contributed by atoms with Crippen molar-refractivity contribution in [1.82, 2.24) is 0 Å². The number of anilines is 2. The smallest absolute Gasteiger partial charge is 0.248 e. The molecule has 0 fully saturated rings. The Balaban J connectivity index is 2.01. The minimum absolute atomic E-state index is 0.315. The van der Waals surface area contributed by atoms with Crippen molar-refractivity contribution in [1.29, 1.82) is 0 Å². The fourth-order valence-electron chi connectivity index (χ4n) is 2.14. The van der Waals surface area contributed by atoms with Gasteiger partial charge < -0.3 is 21.3 Å². The fourth-order valence-corrected chi connectivity index (χ4v) is 2.14. The Kier molecular flexibility index (Phi) is 5.55. The van der Waals surface area contributed by atoms with Gasteiger partial charge in [0.15, 0.2) is 11.6 Å². The average Bonchev–Trinajstić information content (AvgIpc) is 2.56. The molecule has 5 N–H and O–H groups in total. The Labute approximate surface area is 139 Å². The molecular formula is C18H19FN2O3. The Bertz CT molecular complexity index is 762. The number of aromatic hydroxyl groups is 1. The molecule has 0 radical (unpaired) electrons. The van der Waals surface area contributed by atoms with Crippen LogP contribution < -0.4 is 11.1 Å².